The van der Waals surface area contributed by atoms with Gasteiger partial charge in [-0.3, -0.25) is 4.98 Å². The lowest BCUT2D eigenvalue weighted by molar-refractivity contribution is 0.230. The third-order valence-electron chi connectivity index (χ3n) is 3.18. The van der Waals surface area contributed by atoms with Gasteiger partial charge in [0.15, 0.2) is 0 Å². The number of nitrogens with one attached hydrogen (secondary N) is 1. The number of aliphatic hydroxyl groups excluding tert-OH is 1. The summed E-state index contributed by atoms with van der Waals surface area (Å²) in [5.74, 6) is 0. The number of fused-ring (bicyclic) bond motifs is 1. The maximum absolute atomic E-state index is 8.99. The maximum Gasteiger partial charge on any atom is 0.0702 e. The molecule has 0 aliphatic heterocycles. The van der Waals surface area contributed by atoms with Gasteiger partial charge in [0.1, 0.15) is 0 Å². The largest absolute Gasteiger partial charge is 0.396 e. The molecule has 96 valence electrons. The minimum Gasteiger partial charge on any atom is -0.396 e. The number of benzene rings is 1. The van der Waals surface area contributed by atoms with E-state index in [2.05, 4.69) is 42.3 Å². The van der Waals surface area contributed by atoms with Crippen molar-refractivity contribution < 1.29 is 5.11 Å². The first-order chi connectivity index (χ1) is 8.61. The minimum atomic E-state index is -0.0430. The molecule has 0 spiro atoms. The van der Waals surface area contributed by atoms with Gasteiger partial charge in [0, 0.05) is 30.3 Å². The first-order valence-electron chi connectivity index (χ1n) is 6.30. The standard InChI is InChI=1S/C15H20N2O/c1-15(2,7-9-18)17-11-12-5-6-14-13(10-12)4-3-8-16-14/h3-6,8,10,17-18H,7,9,11H2,1-2H3. The van der Waals surface area contributed by atoms with Gasteiger partial charge in [0.05, 0.1) is 5.52 Å². The van der Waals surface area contributed by atoms with Crippen molar-refractivity contribution in [2.75, 3.05) is 6.61 Å². The van der Waals surface area contributed by atoms with Crippen LogP contribution in [0.5, 0.6) is 0 Å². The van der Waals surface area contributed by atoms with Crippen LogP contribution in [0.25, 0.3) is 10.9 Å². The fraction of sp³-hybridized carbons (Fsp3) is 0.400. The smallest absolute Gasteiger partial charge is 0.0702 e. The monoisotopic (exact) mass is 244 g/mol. The van der Waals surface area contributed by atoms with Crippen LogP contribution < -0.4 is 5.32 Å². The summed E-state index contributed by atoms with van der Waals surface area (Å²) in [6, 6.07) is 10.3. The number of hydrogen-bond donors (Lipinski definition) is 2. The lowest BCUT2D eigenvalue weighted by Crippen LogP contribution is -2.39. The van der Waals surface area contributed by atoms with Crippen molar-refractivity contribution in [3.8, 4) is 0 Å². The summed E-state index contributed by atoms with van der Waals surface area (Å²) in [6.45, 7) is 5.22. The van der Waals surface area contributed by atoms with Crippen LogP contribution in [-0.2, 0) is 6.54 Å². The van der Waals surface area contributed by atoms with Crippen molar-refractivity contribution in [3.05, 3.63) is 42.1 Å². The molecule has 0 atom stereocenters. The van der Waals surface area contributed by atoms with E-state index in [0.29, 0.717) is 0 Å². The third-order valence-corrected chi connectivity index (χ3v) is 3.18. The molecule has 0 fully saturated rings. The summed E-state index contributed by atoms with van der Waals surface area (Å²) < 4.78 is 0. The fourth-order valence-corrected chi connectivity index (χ4v) is 1.94. The summed E-state index contributed by atoms with van der Waals surface area (Å²) in [4.78, 5) is 4.31. The van der Waals surface area contributed by atoms with Crippen LogP contribution in [0.4, 0.5) is 0 Å². The quantitative estimate of drug-likeness (QED) is 0.849. The minimum absolute atomic E-state index is 0.0430. The number of aliphatic hydroxyl groups is 1. The second-order valence-electron chi connectivity index (χ2n) is 5.24. The molecule has 1 heterocycles. The topological polar surface area (TPSA) is 45.1 Å². The van der Waals surface area contributed by atoms with Gasteiger partial charge in [-0.25, -0.2) is 0 Å². The fourth-order valence-electron chi connectivity index (χ4n) is 1.94. The van der Waals surface area contributed by atoms with Crippen molar-refractivity contribution in [1.82, 2.24) is 10.3 Å². The van der Waals surface area contributed by atoms with Gasteiger partial charge in [-0.15, -0.1) is 0 Å². The molecule has 0 radical (unpaired) electrons. The van der Waals surface area contributed by atoms with Gasteiger partial charge in [0.2, 0.25) is 0 Å². The molecule has 0 saturated carbocycles. The summed E-state index contributed by atoms with van der Waals surface area (Å²) in [5.41, 5.74) is 2.22. The number of nitrogens with zero attached hydrogens (tertiary/aromatic N) is 1. The SMILES string of the molecule is CC(C)(CCO)NCc1ccc2ncccc2c1. The van der Waals surface area contributed by atoms with E-state index in [9.17, 15) is 0 Å². The highest BCUT2D eigenvalue weighted by Crippen LogP contribution is 2.15. The van der Waals surface area contributed by atoms with Gasteiger partial charge >= 0.3 is 0 Å². The zero-order chi connectivity index (χ0) is 13.0. The summed E-state index contributed by atoms with van der Waals surface area (Å²) in [5, 5.41) is 13.6. The molecule has 0 bridgehead atoms. The highest BCUT2D eigenvalue weighted by Gasteiger charge is 2.15. The third kappa shape index (κ3) is 3.28. The van der Waals surface area contributed by atoms with Crippen molar-refractivity contribution in [3.63, 3.8) is 0 Å². The summed E-state index contributed by atoms with van der Waals surface area (Å²) >= 11 is 0. The molecule has 0 unspecified atom stereocenters. The van der Waals surface area contributed by atoms with Crippen molar-refractivity contribution >= 4 is 10.9 Å². The molecule has 2 N–H and O–H groups in total. The van der Waals surface area contributed by atoms with E-state index >= 15 is 0 Å². The van der Waals surface area contributed by atoms with E-state index in [4.69, 9.17) is 5.11 Å². The predicted molar refractivity (Wildman–Crippen MR) is 74.4 cm³/mol. The van der Waals surface area contributed by atoms with Crippen LogP contribution in [0.2, 0.25) is 0 Å². The van der Waals surface area contributed by atoms with Gasteiger partial charge in [-0.1, -0.05) is 12.1 Å². The van der Waals surface area contributed by atoms with Crippen molar-refractivity contribution in [2.24, 2.45) is 0 Å². The molecule has 3 heteroatoms. The van der Waals surface area contributed by atoms with E-state index in [1.165, 1.54) is 5.56 Å². The molecule has 3 nitrogen and oxygen atoms in total. The Hall–Kier alpha value is -1.45. The molecule has 0 saturated heterocycles. The lowest BCUT2D eigenvalue weighted by atomic mass is 10.0. The second-order valence-corrected chi connectivity index (χ2v) is 5.24. The lowest BCUT2D eigenvalue weighted by Gasteiger charge is -2.25. The van der Waals surface area contributed by atoms with E-state index in [-0.39, 0.29) is 12.1 Å². The molecule has 0 aliphatic carbocycles. The van der Waals surface area contributed by atoms with E-state index < -0.39 is 0 Å². The average molecular weight is 244 g/mol. The van der Waals surface area contributed by atoms with Gasteiger partial charge in [-0.2, -0.15) is 0 Å². The molecule has 2 aromatic rings. The first kappa shape index (κ1) is 13.0. The summed E-state index contributed by atoms with van der Waals surface area (Å²) in [6.07, 6.45) is 2.56. The Balaban J connectivity index is 2.08. The highest BCUT2D eigenvalue weighted by molar-refractivity contribution is 5.78. The van der Waals surface area contributed by atoms with Gasteiger partial charge < -0.3 is 10.4 Å². The van der Waals surface area contributed by atoms with Crippen LogP contribution in [0, 0.1) is 0 Å². The predicted octanol–water partition coefficient (Wildman–Crippen LogP) is 2.49. The molecule has 18 heavy (non-hydrogen) atoms. The van der Waals surface area contributed by atoms with Crippen LogP contribution in [-0.4, -0.2) is 22.2 Å². The average Bonchev–Trinajstić information content (AvgIpc) is 2.36. The summed E-state index contributed by atoms with van der Waals surface area (Å²) in [7, 11) is 0. The Morgan fingerprint density at radius 2 is 2.11 bits per heavy atom. The Morgan fingerprint density at radius 1 is 1.28 bits per heavy atom. The molecule has 0 aliphatic rings. The molecule has 0 amide bonds. The molecule has 1 aromatic carbocycles. The molecular weight excluding hydrogens is 224 g/mol. The van der Waals surface area contributed by atoms with Crippen LogP contribution in [0.1, 0.15) is 25.8 Å². The second kappa shape index (κ2) is 5.46. The molecule has 1 aromatic heterocycles. The normalized spacial score (nSPS) is 11.9. The van der Waals surface area contributed by atoms with E-state index in [1.807, 2.05) is 18.3 Å². The van der Waals surface area contributed by atoms with Gasteiger partial charge in [-0.05, 0) is 44.0 Å². The van der Waals surface area contributed by atoms with E-state index in [0.717, 1.165) is 23.9 Å². The Morgan fingerprint density at radius 3 is 2.89 bits per heavy atom. The first-order valence-corrected chi connectivity index (χ1v) is 6.30. The Kier molecular flexibility index (Phi) is 3.94. The maximum atomic E-state index is 8.99. The van der Waals surface area contributed by atoms with E-state index in [1.54, 1.807) is 0 Å². The Bertz CT molecular complexity index is 523. The number of aromatic nitrogens is 1. The van der Waals surface area contributed by atoms with Gasteiger partial charge in [0.25, 0.3) is 0 Å². The van der Waals surface area contributed by atoms with Crippen LogP contribution in [0.3, 0.4) is 0 Å². The number of pyridine rings is 1. The highest BCUT2D eigenvalue weighted by atomic mass is 16.3. The number of rotatable bonds is 5. The van der Waals surface area contributed by atoms with Crippen molar-refractivity contribution in [2.45, 2.75) is 32.4 Å². The van der Waals surface area contributed by atoms with Crippen LogP contribution >= 0.6 is 0 Å². The molecular formula is C15H20N2O. The van der Waals surface area contributed by atoms with Crippen LogP contribution in [0.15, 0.2) is 36.5 Å². The number of hydrogen-bond acceptors (Lipinski definition) is 3. The zero-order valence-electron chi connectivity index (χ0n) is 11.0. The van der Waals surface area contributed by atoms with Crippen molar-refractivity contribution in [1.29, 1.82) is 0 Å². The Labute approximate surface area is 108 Å². The zero-order valence-corrected chi connectivity index (χ0v) is 11.0. The molecule has 2 rings (SSSR count).